The molecule has 1 aromatic carbocycles. The molecule has 0 spiro atoms. The molecule has 114 valence electrons. The van der Waals surface area contributed by atoms with Crippen molar-refractivity contribution < 1.29 is 0 Å². The van der Waals surface area contributed by atoms with Gasteiger partial charge in [0.25, 0.3) is 0 Å². The van der Waals surface area contributed by atoms with Gasteiger partial charge < -0.3 is 0 Å². The SMILES string of the molecule is Cc1cccc(-n2c(Cn3nc(C)c(Cl)c3C)n[nH]c2=S)c1. The monoisotopic (exact) mass is 333 g/mol. The lowest BCUT2D eigenvalue weighted by atomic mass is 10.2. The maximum absolute atomic E-state index is 6.21. The van der Waals surface area contributed by atoms with Crippen LogP contribution < -0.4 is 0 Å². The summed E-state index contributed by atoms with van der Waals surface area (Å²) in [7, 11) is 0. The Balaban J connectivity index is 2.06. The molecule has 2 heterocycles. The summed E-state index contributed by atoms with van der Waals surface area (Å²) in [6.45, 7) is 6.39. The van der Waals surface area contributed by atoms with E-state index in [-0.39, 0.29) is 0 Å². The third-order valence-electron chi connectivity index (χ3n) is 3.59. The summed E-state index contributed by atoms with van der Waals surface area (Å²) in [5.74, 6) is 0.790. The first-order chi connectivity index (χ1) is 10.5. The zero-order chi connectivity index (χ0) is 15.9. The molecule has 0 saturated heterocycles. The average Bonchev–Trinajstić information content (AvgIpc) is 2.95. The minimum atomic E-state index is 0.500. The molecule has 22 heavy (non-hydrogen) atoms. The lowest BCUT2D eigenvalue weighted by molar-refractivity contribution is 0.622. The number of halogens is 1. The summed E-state index contributed by atoms with van der Waals surface area (Å²) in [6.07, 6.45) is 0. The number of aryl methyl sites for hydroxylation is 2. The molecule has 7 heteroatoms. The fourth-order valence-electron chi connectivity index (χ4n) is 2.43. The maximum atomic E-state index is 6.21. The van der Waals surface area contributed by atoms with E-state index in [1.54, 1.807) is 0 Å². The van der Waals surface area contributed by atoms with E-state index in [0.29, 0.717) is 16.3 Å². The van der Waals surface area contributed by atoms with Crippen LogP contribution in [0.3, 0.4) is 0 Å². The Morgan fingerprint density at radius 3 is 2.68 bits per heavy atom. The highest BCUT2D eigenvalue weighted by Gasteiger charge is 2.14. The van der Waals surface area contributed by atoms with Crippen LogP contribution in [-0.4, -0.2) is 24.5 Å². The topological polar surface area (TPSA) is 51.4 Å². The largest absolute Gasteiger partial charge is 0.271 e. The molecule has 1 N–H and O–H groups in total. The number of nitrogens with one attached hydrogen (secondary N) is 1. The predicted octanol–water partition coefficient (Wildman–Crippen LogP) is 3.75. The van der Waals surface area contributed by atoms with E-state index in [4.69, 9.17) is 23.8 Å². The van der Waals surface area contributed by atoms with Gasteiger partial charge in [0.15, 0.2) is 10.6 Å². The quantitative estimate of drug-likeness (QED) is 0.743. The van der Waals surface area contributed by atoms with Crippen LogP contribution in [0.4, 0.5) is 0 Å². The predicted molar refractivity (Wildman–Crippen MR) is 89.3 cm³/mol. The van der Waals surface area contributed by atoms with Crippen molar-refractivity contribution in [1.82, 2.24) is 24.5 Å². The molecular weight excluding hydrogens is 318 g/mol. The Hall–Kier alpha value is -1.92. The number of rotatable bonds is 3. The minimum absolute atomic E-state index is 0.500. The first kappa shape index (κ1) is 15.0. The van der Waals surface area contributed by atoms with Crippen LogP contribution in [0.5, 0.6) is 0 Å². The van der Waals surface area contributed by atoms with E-state index in [9.17, 15) is 0 Å². The molecule has 0 aliphatic heterocycles. The number of aromatic amines is 1. The van der Waals surface area contributed by atoms with Crippen LogP contribution in [0.2, 0.25) is 5.02 Å². The molecule has 0 saturated carbocycles. The zero-order valence-electron chi connectivity index (χ0n) is 12.6. The van der Waals surface area contributed by atoms with Gasteiger partial charge in [-0.15, -0.1) is 0 Å². The lowest BCUT2D eigenvalue weighted by Crippen LogP contribution is -2.10. The normalized spacial score (nSPS) is 11.1. The van der Waals surface area contributed by atoms with Crippen molar-refractivity contribution in [2.45, 2.75) is 27.3 Å². The molecule has 5 nitrogen and oxygen atoms in total. The van der Waals surface area contributed by atoms with E-state index < -0.39 is 0 Å². The highest BCUT2D eigenvalue weighted by Crippen LogP contribution is 2.20. The number of H-pyrrole nitrogens is 1. The van der Waals surface area contributed by atoms with Gasteiger partial charge in [-0.05, 0) is 50.7 Å². The second-order valence-corrected chi connectivity index (χ2v) is 6.03. The van der Waals surface area contributed by atoms with E-state index in [1.165, 1.54) is 5.56 Å². The Labute approximate surface area is 138 Å². The first-order valence-electron chi connectivity index (χ1n) is 6.90. The van der Waals surface area contributed by atoms with Gasteiger partial charge in [0.1, 0.15) is 6.54 Å². The van der Waals surface area contributed by atoms with Crippen LogP contribution in [0.25, 0.3) is 5.69 Å². The Morgan fingerprint density at radius 1 is 1.27 bits per heavy atom. The van der Waals surface area contributed by atoms with Crippen molar-refractivity contribution in [2.24, 2.45) is 0 Å². The molecule has 0 aliphatic carbocycles. The molecular formula is C15H16ClN5S. The van der Waals surface area contributed by atoms with Crippen molar-refractivity contribution in [2.75, 3.05) is 0 Å². The summed E-state index contributed by atoms with van der Waals surface area (Å²) >= 11 is 11.6. The smallest absolute Gasteiger partial charge is 0.199 e. The van der Waals surface area contributed by atoms with E-state index in [1.807, 2.05) is 48.2 Å². The summed E-state index contributed by atoms with van der Waals surface area (Å²) in [4.78, 5) is 0. The van der Waals surface area contributed by atoms with E-state index >= 15 is 0 Å². The van der Waals surface area contributed by atoms with Gasteiger partial charge >= 0.3 is 0 Å². The molecule has 0 unspecified atom stereocenters. The van der Waals surface area contributed by atoms with Crippen LogP contribution in [0, 0.1) is 25.5 Å². The third kappa shape index (κ3) is 2.60. The van der Waals surface area contributed by atoms with Gasteiger partial charge in [-0.2, -0.15) is 10.2 Å². The summed E-state index contributed by atoms with van der Waals surface area (Å²) in [5.41, 5.74) is 3.89. The molecule has 3 rings (SSSR count). The Kier molecular flexibility index (Phi) is 3.88. The van der Waals surface area contributed by atoms with Crippen molar-refractivity contribution in [3.8, 4) is 5.69 Å². The molecule has 0 bridgehead atoms. The molecule has 0 fully saturated rings. The minimum Gasteiger partial charge on any atom is -0.271 e. The molecule has 3 aromatic rings. The van der Waals surface area contributed by atoms with Gasteiger partial charge in [-0.25, -0.2) is 0 Å². The molecule has 2 aromatic heterocycles. The Bertz CT molecular complexity index is 890. The van der Waals surface area contributed by atoms with Crippen LogP contribution in [0.15, 0.2) is 24.3 Å². The van der Waals surface area contributed by atoms with Crippen LogP contribution >= 0.6 is 23.8 Å². The van der Waals surface area contributed by atoms with Crippen molar-refractivity contribution in [3.05, 3.63) is 56.8 Å². The standard InChI is InChI=1S/C15H16ClN5S/c1-9-5-4-6-12(7-9)21-13(17-18-15(21)22)8-20-11(3)14(16)10(2)19-20/h4-7H,8H2,1-3H3,(H,18,22). The van der Waals surface area contributed by atoms with Crippen molar-refractivity contribution >= 4 is 23.8 Å². The highest BCUT2D eigenvalue weighted by atomic mass is 35.5. The number of hydrogen-bond donors (Lipinski definition) is 1. The van der Waals surface area contributed by atoms with Gasteiger partial charge in [0, 0.05) is 5.69 Å². The number of benzene rings is 1. The molecule has 0 atom stereocenters. The number of hydrogen-bond acceptors (Lipinski definition) is 3. The van der Waals surface area contributed by atoms with Crippen molar-refractivity contribution in [3.63, 3.8) is 0 Å². The van der Waals surface area contributed by atoms with E-state index in [0.717, 1.165) is 22.9 Å². The second kappa shape index (κ2) is 5.70. The maximum Gasteiger partial charge on any atom is 0.199 e. The fourth-order valence-corrected chi connectivity index (χ4v) is 2.82. The van der Waals surface area contributed by atoms with Gasteiger partial charge in [-0.3, -0.25) is 14.3 Å². The first-order valence-corrected chi connectivity index (χ1v) is 7.69. The number of aromatic nitrogens is 5. The zero-order valence-corrected chi connectivity index (χ0v) is 14.2. The molecule has 0 aliphatic rings. The summed E-state index contributed by atoms with van der Waals surface area (Å²) in [6, 6.07) is 8.13. The number of nitrogens with zero attached hydrogens (tertiary/aromatic N) is 4. The second-order valence-electron chi connectivity index (χ2n) is 5.26. The van der Waals surface area contributed by atoms with Crippen LogP contribution in [0.1, 0.15) is 22.8 Å². The molecule has 0 amide bonds. The van der Waals surface area contributed by atoms with Gasteiger partial charge in [0.05, 0.1) is 16.4 Å². The van der Waals surface area contributed by atoms with Gasteiger partial charge in [0.2, 0.25) is 0 Å². The lowest BCUT2D eigenvalue weighted by Gasteiger charge is -2.09. The average molecular weight is 334 g/mol. The highest BCUT2D eigenvalue weighted by molar-refractivity contribution is 7.71. The third-order valence-corrected chi connectivity index (χ3v) is 4.41. The van der Waals surface area contributed by atoms with Gasteiger partial charge in [-0.1, -0.05) is 23.7 Å². The summed E-state index contributed by atoms with van der Waals surface area (Å²) in [5, 5.41) is 12.3. The van der Waals surface area contributed by atoms with Crippen LogP contribution in [-0.2, 0) is 6.54 Å². The van der Waals surface area contributed by atoms with E-state index in [2.05, 4.69) is 21.4 Å². The summed E-state index contributed by atoms with van der Waals surface area (Å²) < 4.78 is 4.33. The Morgan fingerprint density at radius 2 is 2.05 bits per heavy atom. The molecule has 0 radical (unpaired) electrons. The fraction of sp³-hybridized carbons (Fsp3) is 0.267. The van der Waals surface area contributed by atoms with Crippen molar-refractivity contribution in [1.29, 1.82) is 0 Å².